The fraction of sp³-hybridized carbons (Fsp3) is 0.222. The van der Waals surface area contributed by atoms with Crippen LogP contribution in [0.3, 0.4) is 0 Å². The molecule has 0 spiro atoms. The highest BCUT2D eigenvalue weighted by Gasteiger charge is 2.12. The van der Waals surface area contributed by atoms with Gasteiger partial charge in [0.25, 0.3) is 0 Å². The fourth-order valence-electron chi connectivity index (χ4n) is 2.18. The van der Waals surface area contributed by atoms with E-state index in [9.17, 15) is 18.4 Å². The predicted molar refractivity (Wildman–Crippen MR) is 98.7 cm³/mol. The zero-order valence-electron chi connectivity index (χ0n) is 14.0. The Morgan fingerprint density at radius 1 is 1.08 bits per heavy atom. The molecule has 2 rings (SSSR count). The van der Waals surface area contributed by atoms with Crippen LogP contribution < -0.4 is 16.0 Å². The summed E-state index contributed by atoms with van der Waals surface area (Å²) in [5.74, 6) is -2.21. The second-order valence-electron chi connectivity index (χ2n) is 5.60. The summed E-state index contributed by atoms with van der Waals surface area (Å²) in [5.41, 5.74) is 1.08. The number of benzene rings is 2. The second kappa shape index (κ2) is 9.28. The Labute approximate surface area is 158 Å². The highest BCUT2D eigenvalue weighted by atomic mass is 79.9. The van der Waals surface area contributed by atoms with Gasteiger partial charge in [0.15, 0.2) is 11.6 Å². The van der Waals surface area contributed by atoms with E-state index in [0.717, 1.165) is 16.6 Å². The Kier molecular flexibility index (Phi) is 7.08. The van der Waals surface area contributed by atoms with E-state index in [1.807, 2.05) is 0 Å². The van der Waals surface area contributed by atoms with E-state index in [2.05, 4.69) is 31.9 Å². The molecule has 0 aliphatic heterocycles. The molecule has 0 aliphatic rings. The lowest BCUT2D eigenvalue weighted by molar-refractivity contribution is -0.121. The van der Waals surface area contributed by atoms with Crippen LogP contribution in [0.25, 0.3) is 0 Å². The summed E-state index contributed by atoms with van der Waals surface area (Å²) >= 11 is 3.30. The van der Waals surface area contributed by atoms with Gasteiger partial charge < -0.3 is 16.0 Å². The van der Waals surface area contributed by atoms with Gasteiger partial charge in [-0.1, -0.05) is 22.0 Å². The van der Waals surface area contributed by atoms with E-state index in [4.69, 9.17) is 0 Å². The summed E-state index contributed by atoms with van der Waals surface area (Å²) in [5, 5.41) is 7.88. The van der Waals surface area contributed by atoms with Gasteiger partial charge in [0, 0.05) is 23.1 Å². The average molecular weight is 426 g/mol. The minimum Gasteiger partial charge on any atom is -0.350 e. The van der Waals surface area contributed by atoms with Crippen LogP contribution in [0.15, 0.2) is 46.9 Å². The number of carbonyl (C=O) groups excluding carboxylic acids is 2. The molecule has 2 aromatic carbocycles. The molecule has 0 aliphatic carbocycles. The Hall–Kier alpha value is -2.48. The number of amides is 3. The van der Waals surface area contributed by atoms with Crippen molar-refractivity contribution in [3.05, 3.63) is 64.1 Å². The van der Waals surface area contributed by atoms with Crippen LogP contribution in [0.1, 0.15) is 24.9 Å². The van der Waals surface area contributed by atoms with Gasteiger partial charge in [-0.3, -0.25) is 4.79 Å². The minimum atomic E-state index is -0.963. The summed E-state index contributed by atoms with van der Waals surface area (Å²) < 4.78 is 27.1. The van der Waals surface area contributed by atoms with Crippen molar-refractivity contribution in [1.29, 1.82) is 0 Å². The Morgan fingerprint density at radius 2 is 1.77 bits per heavy atom. The minimum absolute atomic E-state index is 0.0573. The topological polar surface area (TPSA) is 70.2 Å². The Bertz CT molecular complexity index is 785. The van der Waals surface area contributed by atoms with E-state index < -0.39 is 23.7 Å². The molecule has 138 valence electrons. The van der Waals surface area contributed by atoms with E-state index in [-0.39, 0.29) is 18.9 Å². The van der Waals surface area contributed by atoms with Crippen molar-refractivity contribution < 1.29 is 18.4 Å². The first-order chi connectivity index (χ1) is 12.3. The third-order valence-corrected chi connectivity index (χ3v) is 4.09. The van der Waals surface area contributed by atoms with Crippen molar-refractivity contribution >= 4 is 33.6 Å². The van der Waals surface area contributed by atoms with Crippen LogP contribution in [-0.4, -0.2) is 18.5 Å². The Balaban J connectivity index is 1.73. The Morgan fingerprint density at radius 3 is 2.42 bits per heavy atom. The van der Waals surface area contributed by atoms with Gasteiger partial charge in [-0.2, -0.15) is 0 Å². The van der Waals surface area contributed by atoms with E-state index in [1.165, 1.54) is 6.07 Å². The van der Waals surface area contributed by atoms with Crippen molar-refractivity contribution in [3.8, 4) is 0 Å². The van der Waals surface area contributed by atoms with Gasteiger partial charge in [0.2, 0.25) is 5.91 Å². The molecule has 2 aromatic rings. The third kappa shape index (κ3) is 6.11. The molecule has 5 nitrogen and oxygen atoms in total. The zero-order chi connectivity index (χ0) is 19.1. The standard InChI is InChI=1S/C18H18BrF2N3O2/c1-11(12-2-7-15(20)16(21)10-12)23-17(25)8-9-22-18(26)24-14-5-3-13(19)4-6-14/h2-7,10-11H,8-9H2,1H3,(H,23,25)(H2,22,24,26). The van der Waals surface area contributed by atoms with Crippen LogP contribution in [0.2, 0.25) is 0 Å². The summed E-state index contributed by atoms with van der Waals surface area (Å²) in [4.78, 5) is 23.6. The molecule has 0 bridgehead atoms. The lowest BCUT2D eigenvalue weighted by Crippen LogP contribution is -2.34. The first kappa shape index (κ1) is 19.8. The molecule has 0 aromatic heterocycles. The maximum Gasteiger partial charge on any atom is 0.319 e. The highest BCUT2D eigenvalue weighted by Crippen LogP contribution is 2.16. The normalized spacial score (nSPS) is 11.5. The zero-order valence-corrected chi connectivity index (χ0v) is 15.6. The van der Waals surface area contributed by atoms with Crippen LogP contribution >= 0.6 is 15.9 Å². The molecule has 8 heteroatoms. The van der Waals surface area contributed by atoms with Gasteiger partial charge >= 0.3 is 6.03 Å². The molecular weight excluding hydrogens is 408 g/mol. The molecule has 0 saturated heterocycles. The van der Waals surface area contributed by atoms with Gasteiger partial charge in [-0.25, -0.2) is 13.6 Å². The molecule has 1 atom stereocenters. The SMILES string of the molecule is CC(NC(=O)CCNC(=O)Nc1ccc(Br)cc1)c1ccc(F)c(F)c1. The summed E-state index contributed by atoms with van der Waals surface area (Å²) in [6.45, 7) is 1.80. The van der Waals surface area contributed by atoms with Crippen molar-refractivity contribution in [2.24, 2.45) is 0 Å². The molecule has 0 radical (unpaired) electrons. The molecular formula is C18H18BrF2N3O2. The first-order valence-electron chi connectivity index (χ1n) is 7.90. The predicted octanol–water partition coefficient (Wildman–Crippen LogP) is 4.12. The average Bonchev–Trinajstić information content (AvgIpc) is 2.59. The van der Waals surface area contributed by atoms with Crippen LogP contribution in [-0.2, 0) is 4.79 Å². The van der Waals surface area contributed by atoms with E-state index in [0.29, 0.717) is 11.3 Å². The number of anilines is 1. The lowest BCUT2D eigenvalue weighted by Gasteiger charge is -2.15. The molecule has 1 unspecified atom stereocenters. The third-order valence-electron chi connectivity index (χ3n) is 3.56. The number of carbonyl (C=O) groups is 2. The quantitative estimate of drug-likeness (QED) is 0.651. The van der Waals surface area contributed by atoms with Gasteiger partial charge in [-0.05, 0) is 48.9 Å². The van der Waals surface area contributed by atoms with Crippen LogP contribution in [0.5, 0.6) is 0 Å². The smallest absolute Gasteiger partial charge is 0.319 e. The highest BCUT2D eigenvalue weighted by molar-refractivity contribution is 9.10. The van der Waals surface area contributed by atoms with Gasteiger partial charge in [0.1, 0.15) is 0 Å². The number of hydrogen-bond acceptors (Lipinski definition) is 2. The molecule has 0 fully saturated rings. The van der Waals surface area contributed by atoms with Crippen LogP contribution in [0.4, 0.5) is 19.3 Å². The number of rotatable bonds is 6. The molecule has 0 saturated carbocycles. The monoisotopic (exact) mass is 425 g/mol. The van der Waals surface area contributed by atoms with E-state index in [1.54, 1.807) is 31.2 Å². The fourth-order valence-corrected chi connectivity index (χ4v) is 2.44. The van der Waals surface area contributed by atoms with Crippen molar-refractivity contribution in [1.82, 2.24) is 10.6 Å². The van der Waals surface area contributed by atoms with Crippen LogP contribution in [0, 0.1) is 11.6 Å². The molecule has 26 heavy (non-hydrogen) atoms. The number of hydrogen-bond donors (Lipinski definition) is 3. The maximum absolute atomic E-state index is 13.2. The summed E-state index contributed by atoms with van der Waals surface area (Å²) in [7, 11) is 0. The number of halogens is 3. The summed E-state index contributed by atoms with van der Waals surface area (Å²) in [6, 6.07) is 9.63. The van der Waals surface area contributed by atoms with Crippen molar-refractivity contribution in [3.63, 3.8) is 0 Å². The maximum atomic E-state index is 13.2. The molecule has 3 N–H and O–H groups in total. The second-order valence-corrected chi connectivity index (χ2v) is 6.52. The van der Waals surface area contributed by atoms with Gasteiger partial charge in [0.05, 0.1) is 6.04 Å². The number of urea groups is 1. The first-order valence-corrected chi connectivity index (χ1v) is 8.69. The van der Waals surface area contributed by atoms with E-state index >= 15 is 0 Å². The summed E-state index contributed by atoms with van der Waals surface area (Å²) in [6.07, 6.45) is 0.0573. The lowest BCUT2D eigenvalue weighted by atomic mass is 10.1. The largest absolute Gasteiger partial charge is 0.350 e. The number of nitrogens with one attached hydrogen (secondary N) is 3. The molecule has 3 amide bonds. The van der Waals surface area contributed by atoms with Crippen molar-refractivity contribution in [2.45, 2.75) is 19.4 Å². The van der Waals surface area contributed by atoms with Gasteiger partial charge in [-0.15, -0.1) is 0 Å². The van der Waals surface area contributed by atoms with Crippen molar-refractivity contribution in [2.75, 3.05) is 11.9 Å². The molecule has 0 heterocycles.